The summed E-state index contributed by atoms with van der Waals surface area (Å²) in [6.07, 6.45) is 0. The molecule has 0 aliphatic carbocycles. The van der Waals surface area contributed by atoms with E-state index in [1.807, 2.05) is 43.3 Å². The minimum atomic E-state index is -0.390. The number of halogens is 1. The van der Waals surface area contributed by atoms with Gasteiger partial charge < -0.3 is 9.47 Å². The highest BCUT2D eigenvalue weighted by Gasteiger charge is 2.14. The van der Waals surface area contributed by atoms with Gasteiger partial charge >= 0.3 is 5.97 Å². The van der Waals surface area contributed by atoms with Crippen LogP contribution in [0, 0.1) is 0 Å². The molecule has 0 amide bonds. The Balaban J connectivity index is 2.10. The van der Waals surface area contributed by atoms with Crippen molar-refractivity contribution in [1.29, 1.82) is 0 Å². The van der Waals surface area contributed by atoms with Crippen molar-refractivity contribution in [2.75, 3.05) is 6.61 Å². The van der Waals surface area contributed by atoms with Gasteiger partial charge in [-0.15, -0.1) is 0 Å². The number of hydrogen-bond acceptors (Lipinski definition) is 3. The van der Waals surface area contributed by atoms with E-state index in [0.29, 0.717) is 17.9 Å². The fourth-order valence-electron chi connectivity index (χ4n) is 1.74. The van der Waals surface area contributed by atoms with Crippen LogP contribution in [0.4, 0.5) is 0 Å². The second-order valence-corrected chi connectivity index (χ2v) is 5.05. The standard InChI is InChI=1S/C16H15BrO3/c1-2-19-15-9-8-13(17)10-14(15)16(18)20-11-12-6-4-3-5-7-12/h3-10H,2,11H2,1H3. The Bertz CT molecular complexity index is 582. The van der Waals surface area contributed by atoms with E-state index in [2.05, 4.69) is 15.9 Å². The van der Waals surface area contributed by atoms with E-state index in [0.717, 1.165) is 10.0 Å². The van der Waals surface area contributed by atoms with Gasteiger partial charge in [-0.25, -0.2) is 4.79 Å². The summed E-state index contributed by atoms with van der Waals surface area (Å²) in [4.78, 5) is 12.1. The van der Waals surface area contributed by atoms with Crippen LogP contribution in [0.5, 0.6) is 5.75 Å². The first-order valence-electron chi connectivity index (χ1n) is 6.34. The average Bonchev–Trinajstić information content (AvgIpc) is 2.48. The molecule has 0 bridgehead atoms. The van der Waals surface area contributed by atoms with Crippen molar-refractivity contribution in [2.45, 2.75) is 13.5 Å². The monoisotopic (exact) mass is 334 g/mol. The van der Waals surface area contributed by atoms with E-state index in [1.54, 1.807) is 12.1 Å². The van der Waals surface area contributed by atoms with Crippen LogP contribution in [0.2, 0.25) is 0 Å². The highest BCUT2D eigenvalue weighted by atomic mass is 79.9. The topological polar surface area (TPSA) is 35.5 Å². The van der Waals surface area contributed by atoms with Gasteiger partial charge in [-0.1, -0.05) is 46.3 Å². The molecule has 2 aromatic carbocycles. The van der Waals surface area contributed by atoms with E-state index < -0.39 is 5.97 Å². The fraction of sp³-hybridized carbons (Fsp3) is 0.188. The summed E-state index contributed by atoms with van der Waals surface area (Å²) in [7, 11) is 0. The molecule has 0 heterocycles. The van der Waals surface area contributed by atoms with Gasteiger partial charge in [0.2, 0.25) is 0 Å². The zero-order valence-corrected chi connectivity index (χ0v) is 12.7. The number of hydrogen-bond donors (Lipinski definition) is 0. The normalized spacial score (nSPS) is 10.1. The third-order valence-corrected chi connectivity index (χ3v) is 3.17. The number of esters is 1. The van der Waals surface area contributed by atoms with Crippen LogP contribution >= 0.6 is 15.9 Å². The van der Waals surface area contributed by atoms with Crippen LogP contribution in [-0.4, -0.2) is 12.6 Å². The zero-order valence-electron chi connectivity index (χ0n) is 11.1. The summed E-state index contributed by atoms with van der Waals surface area (Å²) < 4.78 is 11.6. The van der Waals surface area contributed by atoms with Crippen molar-refractivity contribution in [3.63, 3.8) is 0 Å². The molecule has 0 aliphatic rings. The summed E-state index contributed by atoms with van der Waals surface area (Å²) >= 11 is 3.35. The lowest BCUT2D eigenvalue weighted by molar-refractivity contribution is 0.0468. The number of carbonyl (C=O) groups is 1. The molecule has 20 heavy (non-hydrogen) atoms. The zero-order chi connectivity index (χ0) is 14.4. The number of ether oxygens (including phenoxy) is 2. The van der Waals surface area contributed by atoms with Crippen LogP contribution in [0.1, 0.15) is 22.8 Å². The van der Waals surface area contributed by atoms with Crippen molar-refractivity contribution in [3.05, 3.63) is 64.1 Å². The van der Waals surface area contributed by atoms with E-state index in [1.165, 1.54) is 0 Å². The molecule has 0 aromatic heterocycles. The lowest BCUT2D eigenvalue weighted by Gasteiger charge is -2.10. The summed E-state index contributed by atoms with van der Waals surface area (Å²) in [5, 5.41) is 0. The molecule has 0 saturated carbocycles. The Hall–Kier alpha value is -1.81. The smallest absolute Gasteiger partial charge is 0.342 e. The van der Waals surface area contributed by atoms with Gasteiger partial charge in [-0.2, -0.15) is 0 Å². The predicted molar refractivity (Wildman–Crippen MR) is 80.9 cm³/mol. The first-order valence-corrected chi connectivity index (χ1v) is 7.13. The molecule has 0 aliphatic heterocycles. The first-order chi connectivity index (χ1) is 9.70. The third-order valence-electron chi connectivity index (χ3n) is 2.67. The molecule has 2 rings (SSSR count). The Labute approximate surface area is 126 Å². The van der Waals surface area contributed by atoms with Crippen molar-refractivity contribution in [1.82, 2.24) is 0 Å². The lowest BCUT2D eigenvalue weighted by atomic mass is 10.2. The van der Waals surface area contributed by atoms with Gasteiger partial charge in [0.1, 0.15) is 17.9 Å². The molecular weight excluding hydrogens is 320 g/mol. The Morgan fingerprint density at radius 1 is 1.15 bits per heavy atom. The highest BCUT2D eigenvalue weighted by molar-refractivity contribution is 9.10. The minimum Gasteiger partial charge on any atom is -0.493 e. The first kappa shape index (κ1) is 14.6. The SMILES string of the molecule is CCOc1ccc(Br)cc1C(=O)OCc1ccccc1. The van der Waals surface area contributed by atoms with Gasteiger partial charge in [0.05, 0.1) is 6.61 Å². The summed E-state index contributed by atoms with van der Waals surface area (Å²) in [6.45, 7) is 2.62. The van der Waals surface area contributed by atoms with Gasteiger partial charge in [0, 0.05) is 4.47 Å². The van der Waals surface area contributed by atoms with E-state index >= 15 is 0 Å². The maximum atomic E-state index is 12.1. The third kappa shape index (κ3) is 3.84. The minimum absolute atomic E-state index is 0.248. The Morgan fingerprint density at radius 2 is 1.90 bits per heavy atom. The molecule has 0 N–H and O–H groups in total. The summed E-state index contributed by atoms with van der Waals surface area (Å²) in [6, 6.07) is 14.9. The van der Waals surface area contributed by atoms with E-state index in [9.17, 15) is 4.79 Å². The number of rotatable bonds is 5. The molecule has 0 saturated heterocycles. The molecule has 3 nitrogen and oxygen atoms in total. The summed E-state index contributed by atoms with van der Waals surface area (Å²) in [5.74, 6) is 0.146. The van der Waals surface area contributed by atoms with Crippen LogP contribution in [0.3, 0.4) is 0 Å². The molecular formula is C16H15BrO3. The van der Waals surface area contributed by atoms with Gasteiger partial charge in [0.25, 0.3) is 0 Å². The molecule has 0 unspecified atom stereocenters. The fourth-order valence-corrected chi connectivity index (χ4v) is 2.11. The lowest BCUT2D eigenvalue weighted by Crippen LogP contribution is -2.08. The molecule has 0 spiro atoms. The van der Waals surface area contributed by atoms with E-state index in [-0.39, 0.29) is 6.61 Å². The average molecular weight is 335 g/mol. The molecule has 0 radical (unpaired) electrons. The second kappa shape index (κ2) is 7.10. The highest BCUT2D eigenvalue weighted by Crippen LogP contribution is 2.24. The van der Waals surface area contributed by atoms with Crippen LogP contribution in [-0.2, 0) is 11.3 Å². The van der Waals surface area contributed by atoms with Crippen molar-refractivity contribution < 1.29 is 14.3 Å². The molecule has 2 aromatic rings. The van der Waals surface area contributed by atoms with Gasteiger partial charge in [-0.05, 0) is 30.7 Å². The quantitative estimate of drug-likeness (QED) is 0.768. The molecule has 104 valence electrons. The summed E-state index contributed by atoms with van der Waals surface area (Å²) in [5.41, 5.74) is 1.38. The van der Waals surface area contributed by atoms with Crippen molar-refractivity contribution in [2.24, 2.45) is 0 Å². The van der Waals surface area contributed by atoms with Crippen LogP contribution < -0.4 is 4.74 Å². The maximum absolute atomic E-state index is 12.1. The number of benzene rings is 2. The maximum Gasteiger partial charge on any atom is 0.342 e. The second-order valence-electron chi connectivity index (χ2n) is 4.14. The van der Waals surface area contributed by atoms with Crippen LogP contribution in [0.15, 0.2) is 53.0 Å². The van der Waals surface area contributed by atoms with Gasteiger partial charge in [-0.3, -0.25) is 0 Å². The van der Waals surface area contributed by atoms with E-state index in [4.69, 9.17) is 9.47 Å². The number of carbonyl (C=O) groups excluding carboxylic acids is 1. The van der Waals surface area contributed by atoms with Crippen molar-refractivity contribution in [3.8, 4) is 5.75 Å². The Kier molecular flexibility index (Phi) is 5.18. The largest absolute Gasteiger partial charge is 0.493 e. The van der Waals surface area contributed by atoms with Gasteiger partial charge in [0.15, 0.2) is 0 Å². The van der Waals surface area contributed by atoms with Crippen LogP contribution in [0.25, 0.3) is 0 Å². The molecule has 0 atom stereocenters. The predicted octanol–water partition coefficient (Wildman–Crippen LogP) is 4.20. The Morgan fingerprint density at radius 3 is 2.60 bits per heavy atom. The molecule has 0 fully saturated rings. The molecule has 4 heteroatoms. The van der Waals surface area contributed by atoms with Crippen molar-refractivity contribution >= 4 is 21.9 Å².